The SMILES string of the molecule is O=C1c2ccccc2C(=O)C2C1C(c1ccccc1)N(c1ccccc1)C2c1ccccc1. The minimum Gasteiger partial charge on any atom is -0.356 e. The van der Waals surface area contributed by atoms with Crippen LogP contribution < -0.4 is 4.90 Å². The molecule has 0 saturated carbocycles. The zero-order chi connectivity index (χ0) is 22.4. The summed E-state index contributed by atoms with van der Waals surface area (Å²) >= 11 is 0. The fraction of sp³-hybridized carbons (Fsp3) is 0.133. The molecule has 6 rings (SSSR count). The Bertz CT molecular complexity index is 1230. The van der Waals surface area contributed by atoms with E-state index in [2.05, 4.69) is 41.3 Å². The molecule has 1 aliphatic carbocycles. The van der Waals surface area contributed by atoms with E-state index in [0.717, 1.165) is 16.8 Å². The maximum Gasteiger partial charge on any atom is 0.169 e. The smallest absolute Gasteiger partial charge is 0.169 e. The summed E-state index contributed by atoms with van der Waals surface area (Å²) in [7, 11) is 0. The molecule has 0 bridgehead atoms. The first-order chi connectivity index (χ1) is 16.3. The zero-order valence-electron chi connectivity index (χ0n) is 18.0. The summed E-state index contributed by atoms with van der Waals surface area (Å²) in [5.74, 6) is -0.799. The summed E-state index contributed by atoms with van der Waals surface area (Å²) in [6.45, 7) is 0. The monoisotopic (exact) mass is 429 g/mol. The maximum atomic E-state index is 14.0. The first kappa shape index (κ1) is 19.7. The summed E-state index contributed by atoms with van der Waals surface area (Å²) in [6, 6.07) is 37.3. The molecule has 0 N–H and O–H groups in total. The molecular formula is C30H23NO2. The number of ketones is 2. The Morgan fingerprint density at radius 3 is 1.24 bits per heavy atom. The van der Waals surface area contributed by atoms with Crippen molar-refractivity contribution in [2.24, 2.45) is 11.8 Å². The second-order valence-corrected chi connectivity index (χ2v) is 8.78. The van der Waals surface area contributed by atoms with E-state index in [4.69, 9.17) is 0 Å². The molecule has 33 heavy (non-hydrogen) atoms. The van der Waals surface area contributed by atoms with Crippen LogP contribution in [0.1, 0.15) is 43.9 Å². The number of rotatable bonds is 3. The molecule has 1 fully saturated rings. The second-order valence-electron chi connectivity index (χ2n) is 8.78. The van der Waals surface area contributed by atoms with Crippen molar-refractivity contribution in [2.75, 3.05) is 4.90 Å². The first-order valence-corrected chi connectivity index (χ1v) is 11.4. The summed E-state index contributed by atoms with van der Waals surface area (Å²) in [5.41, 5.74) is 4.21. The lowest BCUT2D eigenvalue weighted by molar-refractivity contribution is 0.0741. The number of benzene rings is 4. The predicted molar refractivity (Wildman–Crippen MR) is 129 cm³/mol. The van der Waals surface area contributed by atoms with Crippen LogP contribution in [0.2, 0.25) is 0 Å². The van der Waals surface area contributed by atoms with E-state index in [1.54, 1.807) is 12.1 Å². The molecule has 3 heteroatoms. The molecule has 4 aromatic carbocycles. The molecular weight excluding hydrogens is 406 g/mol. The van der Waals surface area contributed by atoms with Crippen molar-refractivity contribution in [3.8, 4) is 0 Å². The number of hydrogen-bond acceptors (Lipinski definition) is 3. The van der Waals surface area contributed by atoms with Crippen LogP contribution in [-0.2, 0) is 0 Å². The van der Waals surface area contributed by atoms with Gasteiger partial charge >= 0.3 is 0 Å². The third kappa shape index (κ3) is 3.04. The quantitative estimate of drug-likeness (QED) is 0.383. The van der Waals surface area contributed by atoms with E-state index in [9.17, 15) is 9.59 Å². The Kier molecular flexibility index (Phi) is 4.69. The number of para-hydroxylation sites is 1. The number of nitrogens with zero attached hydrogens (tertiary/aromatic N) is 1. The van der Waals surface area contributed by atoms with Crippen molar-refractivity contribution < 1.29 is 9.59 Å². The van der Waals surface area contributed by atoms with Crippen molar-refractivity contribution in [1.82, 2.24) is 0 Å². The highest BCUT2D eigenvalue weighted by atomic mass is 16.1. The minimum atomic E-state index is -0.458. The molecule has 0 radical (unpaired) electrons. The van der Waals surface area contributed by atoms with Crippen molar-refractivity contribution >= 4 is 17.3 Å². The third-order valence-corrected chi connectivity index (χ3v) is 7.07. The van der Waals surface area contributed by atoms with Gasteiger partial charge in [0.2, 0.25) is 0 Å². The lowest BCUT2D eigenvalue weighted by atomic mass is 9.69. The minimum absolute atomic E-state index is 0.0587. The van der Waals surface area contributed by atoms with E-state index in [-0.39, 0.29) is 23.7 Å². The van der Waals surface area contributed by atoms with Gasteiger partial charge in [-0.1, -0.05) is 103 Å². The Balaban J connectivity index is 1.64. The first-order valence-electron chi connectivity index (χ1n) is 11.4. The normalized spacial score (nSPS) is 23.8. The molecule has 0 spiro atoms. The van der Waals surface area contributed by atoms with Crippen LogP contribution >= 0.6 is 0 Å². The van der Waals surface area contributed by atoms with Crippen molar-refractivity contribution in [2.45, 2.75) is 12.1 Å². The van der Waals surface area contributed by atoms with Crippen LogP contribution in [0.25, 0.3) is 0 Å². The molecule has 2 aliphatic rings. The predicted octanol–water partition coefficient (Wildman–Crippen LogP) is 6.30. The average molecular weight is 430 g/mol. The van der Waals surface area contributed by atoms with Gasteiger partial charge in [-0.3, -0.25) is 9.59 Å². The van der Waals surface area contributed by atoms with E-state index in [1.165, 1.54) is 0 Å². The zero-order valence-corrected chi connectivity index (χ0v) is 18.0. The number of carbonyl (C=O) groups is 2. The highest BCUT2D eigenvalue weighted by Crippen LogP contribution is 2.57. The van der Waals surface area contributed by atoms with Crippen LogP contribution in [0.15, 0.2) is 115 Å². The van der Waals surface area contributed by atoms with Gasteiger partial charge in [-0.2, -0.15) is 0 Å². The highest BCUT2D eigenvalue weighted by molar-refractivity contribution is 6.17. The number of fused-ring (bicyclic) bond motifs is 2. The molecule has 0 aromatic heterocycles. The third-order valence-electron chi connectivity index (χ3n) is 7.07. The van der Waals surface area contributed by atoms with Crippen LogP contribution in [0.3, 0.4) is 0 Å². The fourth-order valence-corrected chi connectivity index (χ4v) is 5.75. The van der Waals surface area contributed by atoms with Gasteiger partial charge in [-0.15, -0.1) is 0 Å². The van der Waals surface area contributed by atoms with Gasteiger partial charge in [-0.05, 0) is 23.3 Å². The Hall–Kier alpha value is -3.98. The topological polar surface area (TPSA) is 37.4 Å². The molecule has 1 heterocycles. The van der Waals surface area contributed by atoms with Gasteiger partial charge in [0.25, 0.3) is 0 Å². The van der Waals surface area contributed by atoms with Gasteiger partial charge in [0.1, 0.15) is 0 Å². The number of anilines is 1. The molecule has 0 amide bonds. The molecule has 4 atom stereocenters. The largest absolute Gasteiger partial charge is 0.356 e. The van der Waals surface area contributed by atoms with Gasteiger partial charge < -0.3 is 4.90 Å². The summed E-state index contributed by atoms with van der Waals surface area (Å²) in [4.78, 5) is 30.3. The fourth-order valence-electron chi connectivity index (χ4n) is 5.75. The standard InChI is InChI=1S/C30H23NO2/c32-29-23-18-10-11-19-24(23)30(33)26-25(29)27(20-12-4-1-5-13-20)31(22-16-8-3-9-17-22)28(26)21-14-6-2-7-15-21/h1-19,25-28H. The Morgan fingerprint density at radius 2 is 0.818 bits per heavy atom. The lowest BCUT2D eigenvalue weighted by Gasteiger charge is -2.34. The van der Waals surface area contributed by atoms with E-state index in [0.29, 0.717) is 11.1 Å². The van der Waals surface area contributed by atoms with E-state index in [1.807, 2.05) is 66.7 Å². The van der Waals surface area contributed by atoms with Crippen LogP contribution in [-0.4, -0.2) is 11.6 Å². The van der Waals surface area contributed by atoms with Gasteiger partial charge in [0.05, 0.1) is 23.9 Å². The van der Waals surface area contributed by atoms with E-state index >= 15 is 0 Å². The van der Waals surface area contributed by atoms with Gasteiger partial charge in [-0.25, -0.2) is 0 Å². The lowest BCUT2D eigenvalue weighted by Crippen LogP contribution is -2.37. The van der Waals surface area contributed by atoms with Crippen LogP contribution in [0.5, 0.6) is 0 Å². The molecule has 4 unspecified atom stereocenters. The Morgan fingerprint density at radius 1 is 0.455 bits per heavy atom. The second kappa shape index (κ2) is 7.86. The van der Waals surface area contributed by atoms with Crippen LogP contribution in [0, 0.1) is 11.8 Å². The van der Waals surface area contributed by atoms with Crippen molar-refractivity contribution in [3.63, 3.8) is 0 Å². The summed E-state index contributed by atoms with van der Waals surface area (Å²) < 4.78 is 0. The molecule has 1 aliphatic heterocycles. The highest BCUT2D eigenvalue weighted by Gasteiger charge is 2.58. The molecule has 4 aromatic rings. The number of carbonyl (C=O) groups excluding carboxylic acids is 2. The summed E-state index contributed by atoms with van der Waals surface area (Å²) in [5, 5.41) is 0. The summed E-state index contributed by atoms with van der Waals surface area (Å²) in [6.07, 6.45) is 0. The molecule has 1 saturated heterocycles. The van der Waals surface area contributed by atoms with Gasteiger partial charge in [0, 0.05) is 16.8 Å². The Labute approximate surface area is 193 Å². The average Bonchev–Trinajstić information content (AvgIpc) is 3.25. The van der Waals surface area contributed by atoms with Crippen molar-refractivity contribution in [1.29, 1.82) is 0 Å². The van der Waals surface area contributed by atoms with Crippen LogP contribution in [0.4, 0.5) is 5.69 Å². The molecule has 3 nitrogen and oxygen atoms in total. The van der Waals surface area contributed by atoms with E-state index < -0.39 is 11.8 Å². The molecule has 160 valence electrons. The number of hydrogen-bond donors (Lipinski definition) is 0. The maximum absolute atomic E-state index is 14.0. The number of Topliss-reactive ketones (excluding diaryl/α,β-unsaturated/α-hetero) is 2. The van der Waals surface area contributed by atoms with Crippen molar-refractivity contribution in [3.05, 3.63) is 138 Å². The van der Waals surface area contributed by atoms with Gasteiger partial charge in [0.15, 0.2) is 11.6 Å².